The molecule has 3 nitrogen and oxygen atoms in total. The number of likely N-dealkylation sites (N-methyl/N-ethyl adjacent to an activating group) is 1. The summed E-state index contributed by atoms with van der Waals surface area (Å²) in [5, 5.41) is 7.18. The lowest BCUT2D eigenvalue weighted by atomic mass is 10.00. The van der Waals surface area contributed by atoms with Crippen LogP contribution in [0, 0.1) is 0 Å². The molecule has 0 aliphatic carbocycles. The molecule has 28 heavy (non-hydrogen) atoms. The van der Waals surface area contributed by atoms with Crippen molar-refractivity contribution in [1.29, 1.82) is 0 Å². The van der Waals surface area contributed by atoms with Crippen LogP contribution in [0.3, 0.4) is 0 Å². The summed E-state index contributed by atoms with van der Waals surface area (Å²) in [7, 11) is 0. The molecule has 0 aromatic heterocycles. The first-order chi connectivity index (χ1) is 13.8. The third-order valence-electron chi connectivity index (χ3n) is 5.36. The number of unbranched alkanes of at least 4 members (excludes halogenated alkanes) is 6. The summed E-state index contributed by atoms with van der Waals surface area (Å²) < 4.78 is 5.87. The first-order valence-corrected chi connectivity index (χ1v) is 12.0. The molecule has 0 heterocycles. The predicted molar refractivity (Wildman–Crippen MR) is 123 cm³/mol. The number of aryl methyl sites for hydroxylation is 1. The lowest BCUT2D eigenvalue weighted by Crippen LogP contribution is -2.35. The highest BCUT2D eigenvalue weighted by Gasteiger charge is 2.08. The van der Waals surface area contributed by atoms with Crippen LogP contribution in [-0.2, 0) is 6.42 Å². The zero-order valence-corrected chi connectivity index (χ0v) is 18.9. The summed E-state index contributed by atoms with van der Waals surface area (Å²) in [6.07, 6.45) is 14.1. The largest absolute Gasteiger partial charge is 0.494 e. The monoisotopic (exact) mass is 390 g/mol. The molecule has 1 rings (SSSR count). The van der Waals surface area contributed by atoms with Gasteiger partial charge in [-0.1, -0.05) is 77.8 Å². The SMILES string of the molecule is CCCCCCOc1ccc(CCC(CCCCCC)NCCNCC)cc1. The molecule has 162 valence electrons. The van der Waals surface area contributed by atoms with E-state index < -0.39 is 0 Å². The first-order valence-electron chi connectivity index (χ1n) is 12.0. The lowest BCUT2D eigenvalue weighted by Gasteiger charge is -2.19. The van der Waals surface area contributed by atoms with Crippen LogP contribution in [0.2, 0.25) is 0 Å². The molecule has 0 spiro atoms. The topological polar surface area (TPSA) is 33.3 Å². The fraction of sp³-hybridized carbons (Fsp3) is 0.760. The first kappa shape index (κ1) is 25.0. The summed E-state index contributed by atoms with van der Waals surface area (Å²) in [4.78, 5) is 0. The fourth-order valence-electron chi connectivity index (χ4n) is 3.52. The van der Waals surface area contributed by atoms with Gasteiger partial charge in [-0.05, 0) is 49.9 Å². The van der Waals surface area contributed by atoms with E-state index in [1.807, 2.05) is 0 Å². The predicted octanol–water partition coefficient (Wildman–Crippen LogP) is 6.12. The van der Waals surface area contributed by atoms with Gasteiger partial charge in [-0.15, -0.1) is 0 Å². The third kappa shape index (κ3) is 13.2. The van der Waals surface area contributed by atoms with E-state index in [4.69, 9.17) is 4.74 Å². The van der Waals surface area contributed by atoms with Crippen molar-refractivity contribution in [2.75, 3.05) is 26.2 Å². The second-order valence-corrected chi connectivity index (χ2v) is 7.95. The summed E-state index contributed by atoms with van der Waals surface area (Å²) in [5.74, 6) is 1.01. The van der Waals surface area contributed by atoms with E-state index in [0.717, 1.165) is 44.8 Å². The molecule has 0 bridgehead atoms. The molecule has 0 aliphatic heterocycles. The molecule has 0 saturated carbocycles. The number of nitrogens with one attached hydrogen (secondary N) is 2. The van der Waals surface area contributed by atoms with E-state index in [1.54, 1.807) is 0 Å². The average molecular weight is 391 g/mol. The molecule has 2 N–H and O–H groups in total. The van der Waals surface area contributed by atoms with Gasteiger partial charge in [0.05, 0.1) is 6.61 Å². The summed E-state index contributed by atoms with van der Waals surface area (Å²) >= 11 is 0. The van der Waals surface area contributed by atoms with Gasteiger partial charge in [0.2, 0.25) is 0 Å². The Bertz CT molecular complexity index is 434. The van der Waals surface area contributed by atoms with Crippen molar-refractivity contribution in [3.05, 3.63) is 29.8 Å². The van der Waals surface area contributed by atoms with Gasteiger partial charge in [0.1, 0.15) is 5.75 Å². The Morgan fingerprint density at radius 2 is 1.50 bits per heavy atom. The highest BCUT2D eigenvalue weighted by molar-refractivity contribution is 5.27. The van der Waals surface area contributed by atoms with Crippen LogP contribution in [-0.4, -0.2) is 32.3 Å². The highest BCUT2D eigenvalue weighted by Crippen LogP contribution is 2.16. The van der Waals surface area contributed by atoms with Gasteiger partial charge in [0, 0.05) is 19.1 Å². The Kier molecular flexibility index (Phi) is 16.1. The normalized spacial score (nSPS) is 12.2. The van der Waals surface area contributed by atoms with E-state index >= 15 is 0 Å². The van der Waals surface area contributed by atoms with Gasteiger partial charge in [-0.2, -0.15) is 0 Å². The molecule has 1 atom stereocenters. The molecule has 0 fully saturated rings. The Morgan fingerprint density at radius 1 is 0.786 bits per heavy atom. The minimum Gasteiger partial charge on any atom is -0.494 e. The minimum absolute atomic E-state index is 0.630. The number of ether oxygens (including phenoxy) is 1. The van der Waals surface area contributed by atoms with Crippen molar-refractivity contribution in [3.8, 4) is 5.75 Å². The maximum atomic E-state index is 5.87. The van der Waals surface area contributed by atoms with Crippen LogP contribution in [0.1, 0.15) is 90.5 Å². The molecule has 1 unspecified atom stereocenters. The molecule has 0 aliphatic rings. The molecular formula is C25H46N2O. The van der Waals surface area contributed by atoms with Crippen molar-refractivity contribution in [3.63, 3.8) is 0 Å². The Morgan fingerprint density at radius 3 is 2.18 bits per heavy atom. The fourth-order valence-corrected chi connectivity index (χ4v) is 3.52. The van der Waals surface area contributed by atoms with E-state index in [-0.39, 0.29) is 0 Å². The van der Waals surface area contributed by atoms with Crippen molar-refractivity contribution >= 4 is 0 Å². The Balaban J connectivity index is 2.33. The van der Waals surface area contributed by atoms with Crippen LogP contribution in [0.4, 0.5) is 0 Å². The minimum atomic E-state index is 0.630. The molecule has 1 aromatic carbocycles. The summed E-state index contributed by atoms with van der Waals surface area (Å²) in [6, 6.07) is 9.40. The van der Waals surface area contributed by atoms with Gasteiger partial charge in [-0.25, -0.2) is 0 Å². The molecule has 0 saturated heterocycles. The van der Waals surface area contributed by atoms with E-state index in [2.05, 4.69) is 55.7 Å². The van der Waals surface area contributed by atoms with Gasteiger partial charge in [-0.3, -0.25) is 0 Å². The Labute approximate surface area is 175 Å². The van der Waals surface area contributed by atoms with Crippen LogP contribution < -0.4 is 15.4 Å². The van der Waals surface area contributed by atoms with Gasteiger partial charge in [0.15, 0.2) is 0 Å². The quantitative estimate of drug-likeness (QED) is 0.279. The molecule has 3 heteroatoms. The molecule has 0 amide bonds. The van der Waals surface area contributed by atoms with Crippen molar-refractivity contribution in [1.82, 2.24) is 10.6 Å². The standard InChI is InChI=1S/C25H46N2O/c1-4-7-9-11-13-24(27-21-20-26-6-3)17-14-23-15-18-25(19-16-23)28-22-12-10-8-5-2/h15-16,18-19,24,26-27H,4-14,17,20-22H2,1-3H3. The second kappa shape index (κ2) is 18.0. The molecule has 1 aromatic rings. The van der Waals surface area contributed by atoms with Gasteiger partial charge < -0.3 is 15.4 Å². The van der Waals surface area contributed by atoms with E-state index in [1.165, 1.54) is 63.4 Å². The van der Waals surface area contributed by atoms with Crippen molar-refractivity contribution in [2.24, 2.45) is 0 Å². The summed E-state index contributed by atoms with van der Waals surface area (Å²) in [6.45, 7) is 10.7. The highest BCUT2D eigenvalue weighted by atomic mass is 16.5. The van der Waals surface area contributed by atoms with Crippen LogP contribution in [0.25, 0.3) is 0 Å². The average Bonchev–Trinajstić information content (AvgIpc) is 2.72. The lowest BCUT2D eigenvalue weighted by molar-refractivity contribution is 0.305. The second-order valence-electron chi connectivity index (χ2n) is 7.95. The van der Waals surface area contributed by atoms with Gasteiger partial charge >= 0.3 is 0 Å². The van der Waals surface area contributed by atoms with Crippen molar-refractivity contribution in [2.45, 2.75) is 97.4 Å². The molecular weight excluding hydrogens is 344 g/mol. The number of hydrogen-bond acceptors (Lipinski definition) is 3. The zero-order chi connectivity index (χ0) is 20.3. The Hall–Kier alpha value is -1.06. The van der Waals surface area contributed by atoms with Gasteiger partial charge in [0.25, 0.3) is 0 Å². The third-order valence-corrected chi connectivity index (χ3v) is 5.36. The van der Waals surface area contributed by atoms with Crippen LogP contribution in [0.15, 0.2) is 24.3 Å². The van der Waals surface area contributed by atoms with Crippen molar-refractivity contribution < 1.29 is 4.74 Å². The maximum absolute atomic E-state index is 5.87. The smallest absolute Gasteiger partial charge is 0.119 e. The number of hydrogen-bond donors (Lipinski definition) is 2. The zero-order valence-electron chi connectivity index (χ0n) is 18.9. The maximum Gasteiger partial charge on any atom is 0.119 e. The van der Waals surface area contributed by atoms with Crippen LogP contribution >= 0.6 is 0 Å². The van der Waals surface area contributed by atoms with E-state index in [9.17, 15) is 0 Å². The van der Waals surface area contributed by atoms with E-state index in [0.29, 0.717) is 6.04 Å². The number of rotatable bonds is 19. The molecule has 0 radical (unpaired) electrons. The van der Waals surface area contributed by atoms with Crippen LogP contribution in [0.5, 0.6) is 5.75 Å². The number of benzene rings is 1. The summed E-state index contributed by atoms with van der Waals surface area (Å²) in [5.41, 5.74) is 1.42.